The van der Waals surface area contributed by atoms with E-state index in [0.717, 1.165) is 11.1 Å². The highest BCUT2D eigenvalue weighted by atomic mass is 32.1. The number of carbonyl (C=O) groups is 2. The first-order valence-corrected chi connectivity index (χ1v) is 14.5. The van der Waals surface area contributed by atoms with E-state index < -0.39 is 12.0 Å². The van der Waals surface area contributed by atoms with E-state index >= 15 is 0 Å². The van der Waals surface area contributed by atoms with Gasteiger partial charge in [0.05, 0.1) is 41.6 Å². The lowest BCUT2D eigenvalue weighted by atomic mass is 9.95. The molecule has 0 unspecified atom stereocenters. The van der Waals surface area contributed by atoms with Crippen LogP contribution in [0.5, 0.6) is 5.75 Å². The number of hydrogen-bond acceptors (Lipinski definition) is 8. The zero-order valence-corrected chi connectivity index (χ0v) is 24.9. The van der Waals surface area contributed by atoms with E-state index in [1.54, 1.807) is 85.3 Å². The van der Waals surface area contributed by atoms with E-state index in [9.17, 15) is 14.4 Å². The number of thiazole rings is 1. The van der Waals surface area contributed by atoms with Crippen LogP contribution < -0.4 is 24.9 Å². The molecule has 0 radical (unpaired) electrons. The Morgan fingerprint density at radius 2 is 1.68 bits per heavy atom. The molecule has 0 aliphatic carbocycles. The maximum absolute atomic E-state index is 14.0. The Morgan fingerprint density at radius 3 is 2.36 bits per heavy atom. The molecule has 10 heteroatoms. The Kier molecular flexibility index (Phi) is 7.82. The molecule has 1 atom stereocenters. The maximum Gasteiger partial charge on any atom is 0.337 e. The standard InChI is InChI=1S/C34H27N3O6S/c1-20-29(31(38)36-24-7-5-4-6-8-24)30(22-13-15-25(41-2)16-14-22)37-32(39)28(44-34(37)35-20)19-26-17-18-27(43-26)21-9-11-23(12-10-21)33(40)42-3/h4-19,30H,1-3H3,(H,36,38)/b28-19+/t30-/m1/s1. The van der Waals surface area contributed by atoms with Gasteiger partial charge in [0.15, 0.2) is 4.80 Å². The van der Waals surface area contributed by atoms with Gasteiger partial charge in [0.1, 0.15) is 17.3 Å². The van der Waals surface area contributed by atoms with Crippen molar-refractivity contribution in [1.29, 1.82) is 0 Å². The number of methoxy groups -OCH3 is 2. The predicted molar refractivity (Wildman–Crippen MR) is 167 cm³/mol. The summed E-state index contributed by atoms with van der Waals surface area (Å²) in [5.74, 6) is 0.941. The van der Waals surface area contributed by atoms with Crippen LogP contribution in [0.2, 0.25) is 0 Å². The molecule has 6 rings (SSSR count). The number of esters is 1. The number of amides is 1. The molecule has 0 saturated carbocycles. The summed E-state index contributed by atoms with van der Waals surface area (Å²) in [5.41, 5.74) is 3.16. The number of furan rings is 1. The first kappa shape index (κ1) is 28.6. The van der Waals surface area contributed by atoms with Crippen molar-refractivity contribution in [2.24, 2.45) is 4.99 Å². The predicted octanol–water partition coefficient (Wildman–Crippen LogP) is 4.93. The van der Waals surface area contributed by atoms with Crippen LogP contribution in [0.1, 0.15) is 34.6 Å². The number of anilines is 1. The second kappa shape index (κ2) is 12.0. The Hall–Kier alpha value is -5.48. The lowest BCUT2D eigenvalue weighted by Crippen LogP contribution is -2.40. The van der Waals surface area contributed by atoms with Crippen molar-refractivity contribution in [1.82, 2.24) is 4.57 Å². The van der Waals surface area contributed by atoms with Crippen molar-refractivity contribution in [2.75, 3.05) is 19.5 Å². The number of nitrogens with one attached hydrogen (secondary N) is 1. The summed E-state index contributed by atoms with van der Waals surface area (Å²) in [6.45, 7) is 1.78. The molecule has 5 aromatic rings. The number of hydrogen-bond donors (Lipinski definition) is 1. The molecule has 0 spiro atoms. The number of benzene rings is 3. The van der Waals surface area contributed by atoms with Crippen molar-refractivity contribution in [3.63, 3.8) is 0 Å². The number of carbonyl (C=O) groups excluding carboxylic acids is 2. The average Bonchev–Trinajstić information content (AvgIpc) is 3.64. The van der Waals surface area contributed by atoms with Crippen molar-refractivity contribution >= 4 is 35.0 Å². The summed E-state index contributed by atoms with van der Waals surface area (Å²) in [5, 5.41) is 2.95. The number of ether oxygens (including phenoxy) is 2. The molecule has 1 amide bonds. The first-order valence-electron chi connectivity index (χ1n) is 13.7. The molecule has 1 aliphatic rings. The van der Waals surface area contributed by atoms with Gasteiger partial charge in [0.25, 0.3) is 11.5 Å². The quantitative estimate of drug-likeness (QED) is 0.264. The summed E-state index contributed by atoms with van der Waals surface area (Å²) in [4.78, 5) is 44.6. The number of fused-ring (bicyclic) bond motifs is 1. The Bertz CT molecular complexity index is 2070. The molecule has 220 valence electrons. The summed E-state index contributed by atoms with van der Waals surface area (Å²) < 4.78 is 18.1. The molecular formula is C34H27N3O6S. The normalized spacial score (nSPS) is 14.5. The minimum atomic E-state index is -0.719. The van der Waals surface area contributed by atoms with Gasteiger partial charge in [-0.05, 0) is 61.0 Å². The number of allylic oxidation sites excluding steroid dienone is 1. The van der Waals surface area contributed by atoms with Crippen LogP contribution in [0.25, 0.3) is 17.4 Å². The summed E-state index contributed by atoms with van der Waals surface area (Å²) in [6.07, 6.45) is 1.67. The lowest BCUT2D eigenvalue weighted by molar-refractivity contribution is -0.113. The van der Waals surface area contributed by atoms with Crippen molar-refractivity contribution in [3.05, 3.63) is 139 Å². The number of aromatic nitrogens is 1. The van der Waals surface area contributed by atoms with Crippen LogP contribution in [-0.2, 0) is 9.53 Å². The second-order valence-corrected chi connectivity index (χ2v) is 11.0. The molecule has 1 aliphatic heterocycles. The van der Waals surface area contributed by atoms with E-state index in [4.69, 9.17) is 18.9 Å². The lowest BCUT2D eigenvalue weighted by Gasteiger charge is -2.25. The zero-order valence-electron chi connectivity index (χ0n) is 24.1. The smallest absolute Gasteiger partial charge is 0.337 e. The van der Waals surface area contributed by atoms with E-state index in [0.29, 0.717) is 49.1 Å². The van der Waals surface area contributed by atoms with Crippen LogP contribution in [0, 0.1) is 0 Å². The largest absolute Gasteiger partial charge is 0.497 e. The molecule has 1 N–H and O–H groups in total. The molecule has 9 nitrogen and oxygen atoms in total. The molecule has 0 bridgehead atoms. The minimum Gasteiger partial charge on any atom is -0.497 e. The van der Waals surface area contributed by atoms with Gasteiger partial charge < -0.3 is 19.2 Å². The Labute approximate surface area is 256 Å². The molecule has 3 heterocycles. The van der Waals surface area contributed by atoms with Crippen LogP contribution in [-0.4, -0.2) is 30.7 Å². The Morgan fingerprint density at radius 1 is 0.955 bits per heavy atom. The van der Waals surface area contributed by atoms with Gasteiger partial charge in [-0.3, -0.25) is 14.2 Å². The third-order valence-corrected chi connectivity index (χ3v) is 8.20. The first-order chi connectivity index (χ1) is 21.4. The molecule has 44 heavy (non-hydrogen) atoms. The fraction of sp³-hybridized carbons (Fsp3) is 0.118. The third kappa shape index (κ3) is 5.50. The summed E-state index contributed by atoms with van der Waals surface area (Å²) >= 11 is 1.22. The molecule has 0 fully saturated rings. The second-order valence-electron chi connectivity index (χ2n) is 9.95. The van der Waals surface area contributed by atoms with E-state index in [2.05, 4.69) is 5.32 Å². The van der Waals surface area contributed by atoms with Crippen molar-refractivity contribution < 1.29 is 23.5 Å². The topological polar surface area (TPSA) is 112 Å². The highest BCUT2D eigenvalue weighted by Crippen LogP contribution is 2.32. The Balaban J connectivity index is 1.40. The van der Waals surface area contributed by atoms with Gasteiger partial charge in [0, 0.05) is 17.3 Å². The van der Waals surface area contributed by atoms with Gasteiger partial charge in [-0.15, -0.1) is 0 Å². The van der Waals surface area contributed by atoms with Gasteiger partial charge >= 0.3 is 5.97 Å². The number of nitrogens with zero attached hydrogens (tertiary/aromatic N) is 2. The molecule has 3 aromatic carbocycles. The van der Waals surface area contributed by atoms with E-state index in [1.165, 1.54) is 18.4 Å². The fourth-order valence-corrected chi connectivity index (χ4v) is 6.06. The summed E-state index contributed by atoms with van der Waals surface area (Å²) in [7, 11) is 2.92. The third-order valence-electron chi connectivity index (χ3n) is 7.22. The van der Waals surface area contributed by atoms with Gasteiger partial charge in [0.2, 0.25) is 0 Å². The van der Waals surface area contributed by atoms with Crippen molar-refractivity contribution in [2.45, 2.75) is 13.0 Å². The molecule has 0 saturated heterocycles. The average molecular weight is 606 g/mol. The highest BCUT2D eigenvalue weighted by Gasteiger charge is 2.32. The van der Waals surface area contributed by atoms with Gasteiger partial charge in [-0.25, -0.2) is 9.79 Å². The van der Waals surface area contributed by atoms with E-state index in [1.807, 2.05) is 30.3 Å². The van der Waals surface area contributed by atoms with Crippen LogP contribution >= 0.6 is 11.3 Å². The number of rotatable bonds is 7. The van der Waals surface area contributed by atoms with Crippen LogP contribution in [0.15, 0.2) is 116 Å². The SMILES string of the molecule is COC(=O)c1ccc(-c2ccc(/C=c3/sc4n(c3=O)[C@H](c3ccc(OC)cc3)C(C(=O)Nc3ccccc3)=C(C)N=4)o2)cc1. The monoisotopic (exact) mass is 605 g/mol. The molecular weight excluding hydrogens is 578 g/mol. The highest BCUT2D eigenvalue weighted by molar-refractivity contribution is 7.07. The fourth-order valence-electron chi connectivity index (χ4n) is 5.04. The van der Waals surface area contributed by atoms with E-state index in [-0.39, 0.29) is 11.5 Å². The van der Waals surface area contributed by atoms with Gasteiger partial charge in [-0.2, -0.15) is 0 Å². The van der Waals surface area contributed by atoms with Crippen LogP contribution in [0.3, 0.4) is 0 Å². The van der Waals surface area contributed by atoms with Crippen LogP contribution in [0.4, 0.5) is 5.69 Å². The number of para-hydroxylation sites is 1. The summed E-state index contributed by atoms with van der Waals surface area (Å²) in [6, 6.07) is 26.1. The molecule has 2 aromatic heterocycles. The maximum atomic E-state index is 14.0. The minimum absolute atomic E-state index is 0.299. The van der Waals surface area contributed by atoms with Crippen molar-refractivity contribution in [3.8, 4) is 17.1 Å². The van der Waals surface area contributed by atoms with Gasteiger partial charge in [-0.1, -0.05) is 53.8 Å². The zero-order chi connectivity index (χ0) is 30.8.